The van der Waals surface area contributed by atoms with Crippen LogP contribution in [0.3, 0.4) is 0 Å². The van der Waals surface area contributed by atoms with E-state index in [-0.39, 0.29) is 23.2 Å². The Labute approximate surface area is 125 Å². The molecule has 0 fully saturated rings. The molecule has 1 amide bonds. The van der Waals surface area contributed by atoms with Gasteiger partial charge >= 0.3 is 0 Å². The van der Waals surface area contributed by atoms with Crippen molar-refractivity contribution in [3.8, 4) is 0 Å². The van der Waals surface area contributed by atoms with E-state index in [0.717, 1.165) is 0 Å². The van der Waals surface area contributed by atoms with Crippen LogP contribution in [0.25, 0.3) is 0 Å². The van der Waals surface area contributed by atoms with Crippen LogP contribution in [0.15, 0.2) is 23.1 Å². The first kappa shape index (κ1) is 18.9. The first-order valence-corrected chi connectivity index (χ1v) is 7.43. The molecule has 1 rings (SSSR count). The summed E-state index contributed by atoms with van der Waals surface area (Å²) in [4.78, 5) is 11.7. The maximum atomic E-state index is 11.8. The number of hydrogen-bond donors (Lipinski definition) is 3. The van der Waals surface area contributed by atoms with E-state index in [1.807, 2.05) is 0 Å². The molecule has 114 valence electrons. The predicted molar refractivity (Wildman–Crippen MR) is 81.6 cm³/mol. The molecular weight excluding hydrogens is 302 g/mol. The molecule has 4 N–H and O–H groups in total. The van der Waals surface area contributed by atoms with Gasteiger partial charge < -0.3 is 11.1 Å². The lowest BCUT2D eigenvalue weighted by Gasteiger charge is -2.10. The fourth-order valence-corrected chi connectivity index (χ4v) is 2.56. The molecular formula is C12H20ClN3O3S. The van der Waals surface area contributed by atoms with Gasteiger partial charge in [0, 0.05) is 12.1 Å². The van der Waals surface area contributed by atoms with Crippen molar-refractivity contribution in [2.24, 2.45) is 5.73 Å². The van der Waals surface area contributed by atoms with Crippen LogP contribution in [0.1, 0.15) is 18.4 Å². The number of hydrogen-bond acceptors (Lipinski definition) is 4. The summed E-state index contributed by atoms with van der Waals surface area (Å²) in [5, 5.41) is 2.65. The fourth-order valence-electron chi connectivity index (χ4n) is 1.56. The number of carbonyl (C=O) groups excluding carboxylic acids is 1. The SMILES string of the molecule is CNS(=O)(=O)c1cc(NC(=O)CCCN)ccc1C.Cl. The van der Waals surface area contributed by atoms with Crippen molar-refractivity contribution in [2.45, 2.75) is 24.7 Å². The molecule has 0 spiro atoms. The summed E-state index contributed by atoms with van der Waals surface area (Å²) in [6, 6.07) is 4.77. The molecule has 0 aromatic heterocycles. The normalized spacial score (nSPS) is 10.8. The Bertz CT molecular complexity index is 561. The Hall–Kier alpha value is -1.15. The number of sulfonamides is 1. The number of carbonyl (C=O) groups is 1. The molecule has 0 heterocycles. The van der Waals surface area contributed by atoms with Gasteiger partial charge in [-0.25, -0.2) is 13.1 Å². The minimum absolute atomic E-state index is 0. The number of anilines is 1. The van der Waals surface area contributed by atoms with Gasteiger partial charge in [-0.15, -0.1) is 12.4 Å². The van der Waals surface area contributed by atoms with Gasteiger partial charge in [0.05, 0.1) is 4.90 Å². The molecule has 0 aliphatic carbocycles. The molecule has 0 atom stereocenters. The molecule has 8 heteroatoms. The predicted octanol–water partition coefficient (Wildman–Crippen LogP) is 1.00. The quantitative estimate of drug-likeness (QED) is 0.727. The van der Waals surface area contributed by atoms with E-state index in [9.17, 15) is 13.2 Å². The fraction of sp³-hybridized carbons (Fsp3) is 0.417. The van der Waals surface area contributed by atoms with Gasteiger partial charge in [0.2, 0.25) is 15.9 Å². The molecule has 0 radical (unpaired) electrons. The lowest BCUT2D eigenvalue weighted by molar-refractivity contribution is -0.116. The highest BCUT2D eigenvalue weighted by molar-refractivity contribution is 7.89. The summed E-state index contributed by atoms with van der Waals surface area (Å²) in [5.41, 5.74) is 6.40. The van der Waals surface area contributed by atoms with E-state index in [4.69, 9.17) is 5.73 Å². The highest BCUT2D eigenvalue weighted by Gasteiger charge is 2.15. The maximum absolute atomic E-state index is 11.8. The van der Waals surface area contributed by atoms with Gasteiger partial charge in [-0.1, -0.05) is 6.07 Å². The van der Waals surface area contributed by atoms with Crippen molar-refractivity contribution >= 4 is 34.0 Å². The summed E-state index contributed by atoms with van der Waals surface area (Å²) in [6.07, 6.45) is 0.915. The zero-order valence-corrected chi connectivity index (χ0v) is 13.1. The molecule has 6 nitrogen and oxygen atoms in total. The Morgan fingerprint density at radius 1 is 1.35 bits per heavy atom. The van der Waals surface area contributed by atoms with Crippen LogP contribution < -0.4 is 15.8 Å². The van der Waals surface area contributed by atoms with Gasteiger partial charge in [0.15, 0.2) is 0 Å². The third-order valence-corrected chi connectivity index (χ3v) is 4.19. The molecule has 0 saturated carbocycles. The zero-order valence-electron chi connectivity index (χ0n) is 11.5. The molecule has 20 heavy (non-hydrogen) atoms. The number of benzene rings is 1. The molecule has 0 saturated heterocycles. The second-order valence-corrected chi connectivity index (χ2v) is 5.98. The van der Waals surface area contributed by atoms with Crippen molar-refractivity contribution in [1.82, 2.24) is 4.72 Å². The number of rotatable bonds is 6. The maximum Gasteiger partial charge on any atom is 0.240 e. The molecule has 0 aliphatic heterocycles. The van der Waals surface area contributed by atoms with Crippen LogP contribution in [-0.2, 0) is 14.8 Å². The first-order chi connectivity index (χ1) is 8.90. The van der Waals surface area contributed by atoms with Crippen LogP contribution in [0.4, 0.5) is 5.69 Å². The van der Waals surface area contributed by atoms with Crippen molar-refractivity contribution in [1.29, 1.82) is 0 Å². The summed E-state index contributed by atoms with van der Waals surface area (Å²) >= 11 is 0. The average Bonchev–Trinajstić information content (AvgIpc) is 2.38. The first-order valence-electron chi connectivity index (χ1n) is 5.95. The Morgan fingerprint density at radius 3 is 2.55 bits per heavy atom. The second-order valence-electron chi connectivity index (χ2n) is 4.13. The van der Waals surface area contributed by atoms with Gasteiger partial charge in [-0.2, -0.15) is 0 Å². The van der Waals surface area contributed by atoms with E-state index in [1.165, 1.54) is 13.1 Å². The molecule has 1 aromatic carbocycles. The summed E-state index contributed by atoms with van der Waals surface area (Å²) in [5.74, 6) is -0.179. The summed E-state index contributed by atoms with van der Waals surface area (Å²) < 4.78 is 25.8. The van der Waals surface area contributed by atoms with E-state index in [1.54, 1.807) is 19.1 Å². The average molecular weight is 322 g/mol. The lowest BCUT2D eigenvalue weighted by Crippen LogP contribution is -2.20. The minimum Gasteiger partial charge on any atom is -0.330 e. The van der Waals surface area contributed by atoms with Gasteiger partial charge in [0.25, 0.3) is 0 Å². The van der Waals surface area contributed by atoms with Crippen molar-refractivity contribution in [3.63, 3.8) is 0 Å². The smallest absolute Gasteiger partial charge is 0.240 e. The zero-order chi connectivity index (χ0) is 14.5. The lowest BCUT2D eigenvalue weighted by atomic mass is 10.2. The summed E-state index contributed by atoms with van der Waals surface area (Å²) in [6.45, 7) is 2.14. The van der Waals surface area contributed by atoms with Crippen LogP contribution in [0.5, 0.6) is 0 Å². The van der Waals surface area contributed by atoms with E-state index >= 15 is 0 Å². The van der Waals surface area contributed by atoms with E-state index in [2.05, 4.69) is 10.0 Å². The number of halogens is 1. The number of nitrogens with one attached hydrogen (secondary N) is 2. The van der Waals surface area contributed by atoms with Gasteiger partial charge in [0.1, 0.15) is 0 Å². The standard InChI is InChI=1S/C12H19N3O3S.ClH/c1-9-5-6-10(15-12(16)4-3-7-13)8-11(9)19(17,18)14-2;/h5-6,8,14H,3-4,7,13H2,1-2H3,(H,15,16);1H. The Kier molecular flexibility index (Phi) is 7.74. The molecule has 0 aliphatic rings. The van der Waals surface area contributed by atoms with E-state index < -0.39 is 10.0 Å². The van der Waals surface area contributed by atoms with Crippen LogP contribution >= 0.6 is 12.4 Å². The molecule has 0 unspecified atom stereocenters. The molecule has 1 aromatic rings. The van der Waals surface area contributed by atoms with Crippen LogP contribution in [-0.4, -0.2) is 27.9 Å². The van der Waals surface area contributed by atoms with Crippen molar-refractivity contribution < 1.29 is 13.2 Å². The number of aryl methyl sites for hydroxylation is 1. The third-order valence-electron chi connectivity index (χ3n) is 2.64. The van der Waals surface area contributed by atoms with Crippen LogP contribution in [0, 0.1) is 6.92 Å². The summed E-state index contributed by atoms with van der Waals surface area (Å²) in [7, 11) is -2.18. The molecule has 0 bridgehead atoms. The van der Waals surface area contributed by atoms with Crippen LogP contribution in [0.2, 0.25) is 0 Å². The Balaban J connectivity index is 0.00000361. The third kappa shape index (κ3) is 5.09. The van der Waals surface area contributed by atoms with Gasteiger partial charge in [-0.3, -0.25) is 4.79 Å². The monoisotopic (exact) mass is 321 g/mol. The second kappa shape index (κ2) is 8.21. The number of nitrogens with two attached hydrogens (primary N) is 1. The highest BCUT2D eigenvalue weighted by Crippen LogP contribution is 2.20. The largest absolute Gasteiger partial charge is 0.330 e. The van der Waals surface area contributed by atoms with Crippen molar-refractivity contribution in [3.05, 3.63) is 23.8 Å². The number of amides is 1. The topological polar surface area (TPSA) is 101 Å². The highest BCUT2D eigenvalue weighted by atomic mass is 35.5. The van der Waals surface area contributed by atoms with E-state index in [0.29, 0.717) is 30.6 Å². The Morgan fingerprint density at radius 2 is 2.00 bits per heavy atom. The van der Waals surface area contributed by atoms with Gasteiger partial charge in [-0.05, 0) is 44.6 Å². The van der Waals surface area contributed by atoms with Crippen molar-refractivity contribution in [2.75, 3.05) is 18.9 Å². The minimum atomic E-state index is -3.53.